The summed E-state index contributed by atoms with van der Waals surface area (Å²) in [5.41, 5.74) is 0.381. The first-order valence-electron chi connectivity index (χ1n) is 5.78. The topological polar surface area (TPSA) is 48.7 Å². The standard InChI is InChI=1S/C14H12FN3S/c15-12-5-1-2-6-13(12)19-9-8-17-14-7-3-4-11(10-16)18-14/h1-7H,8-9H2,(H,17,18). The Balaban J connectivity index is 1.81. The van der Waals surface area contributed by atoms with E-state index >= 15 is 0 Å². The van der Waals surface area contributed by atoms with Gasteiger partial charge in [-0.1, -0.05) is 18.2 Å². The maximum absolute atomic E-state index is 13.3. The van der Waals surface area contributed by atoms with Gasteiger partial charge in [-0.2, -0.15) is 5.26 Å². The highest BCUT2D eigenvalue weighted by Crippen LogP contribution is 2.20. The summed E-state index contributed by atoms with van der Waals surface area (Å²) in [7, 11) is 0. The first-order chi connectivity index (χ1) is 9.29. The van der Waals surface area contributed by atoms with Gasteiger partial charge in [0.2, 0.25) is 0 Å². The van der Waals surface area contributed by atoms with Crippen molar-refractivity contribution in [1.29, 1.82) is 5.26 Å². The largest absolute Gasteiger partial charge is 0.369 e. The van der Waals surface area contributed by atoms with Gasteiger partial charge < -0.3 is 5.32 Å². The van der Waals surface area contributed by atoms with E-state index in [0.29, 0.717) is 23.0 Å². The monoisotopic (exact) mass is 273 g/mol. The number of anilines is 1. The van der Waals surface area contributed by atoms with Crippen LogP contribution in [0.2, 0.25) is 0 Å². The van der Waals surface area contributed by atoms with Crippen LogP contribution in [0.5, 0.6) is 0 Å². The molecule has 0 saturated carbocycles. The van der Waals surface area contributed by atoms with Crippen LogP contribution in [0.4, 0.5) is 10.2 Å². The van der Waals surface area contributed by atoms with E-state index < -0.39 is 0 Å². The zero-order valence-corrected chi connectivity index (χ0v) is 11.0. The summed E-state index contributed by atoms with van der Waals surface area (Å²) < 4.78 is 13.3. The van der Waals surface area contributed by atoms with Gasteiger partial charge in [0, 0.05) is 17.2 Å². The number of hydrogen-bond acceptors (Lipinski definition) is 4. The van der Waals surface area contributed by atoms with Gasteiger partial charge >= 0.3 is 0 Å². The number of thioether (sulfide) groups is 1. The zero-order valence-electron chi connectivity index (χ0n) is 10.1. The third kappa shape index (κ3) is 3.97. The minimum absolute atomic E-state index is 0.197. The number of nitrogens with zero attached hydrogens (tertiary/aromatic N) is 2. The predicted octanol–water partition coefficient (Wildman–Crippen LogP) is 3.30. The molecule has 1 N–H and O–H groups in total. The average molecular weight is 273 g/mol. The van der Waals surface area contributed by atoms with E-state index in [4.69, 9.17) is 5.26 Å². The van der Waals surface area contributed by atoms with Crippen molar-refractivity contribution in [2.24, 2.45) is 0 Å². The molecule has 0 fully saturated rings. The fourth-order valence-corrected chi connectivity index (χ4v) is 2.30. The molecule has 5 heteroatoms. The summed E-state index contributed by atoms with van der Waals surface area (Å²) in [6.45, 7) is 0.654. The lowest BCUT2D eigenvalue weighted by molar-refractivity contribution is 0.602. The summed E-state index contributed by atoms with van der Waals surface area (Å²) in [5, 5.41) is 11.8. The molecule has 0 amide bonds. The van der Waals surface area contributed by atoms with E-state index in [1.54, 1.807) is 30.3 Å². The first kappa shape index (κ1) is 13.4. The Labute approximate surface area is 115 Å². The molecule has 2 aromatic rings. The van der Waals surface area contributed by atoms with Crippen LogP contribution in [-0.4, -0.2) is 17.3 Å². The van der Waals surface area contributed by atoms with Gasteiger partial charge in [0.05, 0.1) is 0 Å². The number of nitriles is 1. The highest BCUT2D eigenvalue weighted by Gasteiger charge is 2.01. The summed E-state index contributed by atoms with van der Waals surface area (Å²) in [5.74, 6) is 1.18. The van der Waals surface area contributed by atoms with Crippen LogP contribution in [0.25, 0.3) is 0 Å². The molecular weight excluding hydrogens is 261 g/mol. The molecule has 0 spiro atoms. The lowest BCUT2D eigenvalue weighted by Crippen LogP contribution is -2.06. The van der Waals surface area contributed by atoms with Crippen LogP contribution >= 0.6 is 11.8 Å². The van der Waals surface area contributed by atoms with Gasteiger partial charge in [0.1, 0.15) is 23.4 Å². The maximum atomic E-state index is 13.3. The number of benzene rings is 1. The smallest absolute Gasteiger partial charge is 0.142 e. The average Bonchev–Trinajstić information content (AvgIpc) is 2.45. The second-order valence-corrected chi connectivity index (χ2v) is 4.86. The van der Waals surface area contributed by atoms with Crippen LogP contribution in [0, 0.1) is 17.1 Å². The van der Waals surface area contributed by atoms with Gasteiger partial charge in [0.25, 0.3) is 0 Å². The van der Waals surface area contributed by atoms with E-state index in [2.05, 4.69) is 10.3 Å². The maximum Gasteiger partial charge on any atom is 0.142 e. The summed E-state index contributed by atoms with van der Waals surface area (Å²) >= 11 is 1.45. The molecule has 0 unspecified atom stereocenters. The summed E-state index contributed by atoms with van der Waals surface area (Å²) in [6.07, 6.45) is 0. The van der Waals surface area contributed by atoms with Crippen molar-refractivity contribution in [2.75, 3.05) is 17.6 Å². The lowest BCUT2D eigenvalue weighted by atomic mass is 10.3. The Morgan fingerprint density at radius 1 is 1.21 bits per heavy atom. The van der Waals surface area contributed by atoms with Crippen molar-refractivity contribution in [3.8, 4) is 6.07 Å². The van der Waals surface area contributed by atoms with Crippen molar-refractivity contribution in [1.82, 2.24) is 4.98 Å². The Hall–Kier alpha value is -2.06. The quantitative estimate of drug-likeness (QED) is 0.671. The Kier molecular flexibility index (Phi) is 4.76. The number of hydrogen-bond donors (Lipinski definition) is 1. The zero-order chi connectivity index (χ0) is 13.5. The molecule has 0 atom stereocenters. The van der Waals surface area contributed by atoms with Crippen molar-refractivity contribution < 1.29 is 4.39 Å². The van der Waals surface area contributed by atoms with E-state index in [0.717, 1.165) is 5.75 Å². The van der Waals surface area contributed by atoms with Crippen molar-refractivity contribution in [3.63, 3.8) is 0 Å². The molecule has 96 valence electrons. The number of rotatable bonds is 5. The van der Waals surface area contributed by atoms with E-state index in [9.17, 15) is 4.39 Å². The Morgan fingerprint density at radius 3 is 2.84 bits per heavy atom. The Morgan fingerprint density at radius 2 is 2.05 bits per heavy atom. The fourth-order valence-electron chi connectivity index (χ4n) is 1.50. The second kappa shape index (κ2) is 6.76. The molecule has 0 radical (unpaired) electrons. The third-order valence-corrected chi connectivity index (χ3v) is 3.42. The van der Waals surface area contributed by atoms with Gasteiger partial charge in [-0.05, 0) is 24.3 Å². The van der Waals surface area contributed by atoms with Crippen LogP contribution in [0.1, 0.15) is 5.69 Å². The number of aromatic nitrogens is 1. The summed E-state index contributed by atoms with van der Waals surface area (Å²) in [6, 6.07) is 13.9. The molecule has 0 aliphatic carbocycles. The number of halogens is 1. The molecule has 1 aromatic heterocycles. The van der Waals surface area contributed by atoms with Crippen LogP contribution in [0.15, 0.2) is 47.4 Å². The SMILES string of the molecule is N#Cc1cccc(NCCSc2ccccc2F)n1. The molecule has 0 aliphatic heterocycles. The number of nitrogens with one attached hydrogen (secondary N) is 1. The van der Waals surface area contributed by atoms with Gasteiger partial charge in [0.15, 0.2) is 0 Å². The molecule has 1 heterocycles. The number of pyridine rings is 1. The predicted molar refractivity (Wildman–Crippen MR) is 74.6 cm³/mol. The fraction of sp³-hybridized carbons (Fsp3) is 0.143. The molecule has 3 nitrogen and oxygen atoms in total. The van der Waals surface area contributed by atoms with Gasteiger partial charge in [-0.15, -0.1) is 11.8 Å². The molecule has 1 aromatic carbocycles. The van der Waals surface area contributed by atoms with Crippen LogP contribution in [0.3, 0.4) is 0 Å². The molecule has 0 aliphatic rings. The van der Waals surface area contributed by atoms with Crippen molar-refractivity contribution in [3.05, 3.63) is 54.0 Å². The van der Waals surface area contributed by atoms with Crippen LogP contribution in [-0.2, 0) is 0 Å². The second-order valence-electron chi connectivity index (χ2n) is 3.73. The van der Waals surface area contributed by atoms with E-state index in [1.165, 1.54) is 17.8 Å². The van der Waals surface area contributed by atoms with Gasteiger partial charge in [-0.25, -0.2) is 9.37 Å². The normalized spacial score (nSPS) is 9.89. The first-order valence-corrected chi connectivity index (χ1v) is 6.76. The minimum atomic E-state index is -0.197. The molecule has 2 rings (SSSR count). The third-order valence-electron chi connectivity index (χ3n) is 2.37. The lowest BCUT2D eigenvalue weighted by Gasteiger charge is -2.06. The van der Waals surface area contributed by atoms with Crippen molar-refractivity contribution in [2.45, 2.75) is 4.90 Å². The minimum Gasteiger partial charge on any atom is -0.369 e. The Bertz CT molecular complexity index is 595. The van der Waals surface area contributed by atoms with Crippen LogP contribution < -0.4 is 5.32 Å². The molecule has 19 heavy (non-hydrogen) atoms. The molecular formula is C14H12FN3S. The highest BCUT2D eigenvalue weighted by molar-refractivity contribution is 7.99. The molecule has 0 bridgehead atoms. The molecule has 0 saturated heterocycles. The van der Waals surface area contributed by atoms with E-state index in [-0.39, 0.29) is 5.82 Å². The van der Waals surface area contributed by atoms with Crippen molar-refractivity contribution >= 4 is 17.6 Å². The highest BCUT2D eigenvalue weighted by atomic mass is 32.2. The van der Waals surface area contributed by atoms with Gasteiger partial charge in [-0.3, -0.25) is 0 Å². The van der Waals surface area contributed by atoms with E-state index in [1.807, 2.05) is 12.1 Å². The summed E-state index contributed by atoms with van der Waals surface area (Å²) in [4.78, 5) is 4.74.